The van der Waals surface area contributed by atoms with Gasteiger partial charge >= 0.3 is 0 Å². The highest BCUT2D eigenvalue weighted by Crippen LogP contribution is 1.93. The van der Waals surface area contributed by atoms with Gasteiger partial charge in [-0.05, 0) is 6.42 Å². The van der Waals surface area contributed by atoms with Gasteiger partial charge in [0.2, 0.25) is 0 Å². The van der Waals surface area contributed by atoms with Crippen LogP contribution in [-0.4, -0.2) is 37.5 Å². The van der Waals surface area contributed by atoms with E-state index >= 15 is 0 Å². The Morgan fingerprint density at radius 3 is 2.30 bits per heavy atom. The third-order valence-corrected chi connectivity index (χ3v) is 0.909. The van der Waals surface area contributed by atoms with E-state index < -0.39 is 0 Å². The second kappa shape index (κ2) is 3.78. The topological polar surface area (TPSA) is 35.4 Å². The maximum absolute atomic E-state index is 10.8. The Balaban J connectivity index is 3.90. The maximum Gasteiger partial charge on any atom is 0.0923 e. The molecule has 0 aliphatic heterocycles. The minimum Gasteiger partial charge on any atom is -0.858 e. The minimum absolute atomic E-state index is 0.137. The lowest BCUT2D eigenvalue weighted by Crippen LogP contribution is -2.33. The summed E-state index contributed by atoms with van der Waals surface area (Å²) in [6.07, 6.45) is 0.330. The Kier molecular flexibility index (Phi) is 3.68. The van der Waals surface area contributed by atoms with Crippen molar-refractivity contribution in [3.05, 3.63) is 0 Å². The fraction of sp³-hybridized carbons (Fsp3) is 0.833. The number of rotatable bonds is 3. The van der Waals surface area contributed by atoms with Crippen LogP contribution in [0.4, 0.5) is 0 Å². The highest BCUT2D eigenvalue weighted by Gasteiger charge is 2.01. The normalized spacial score (nSPS) is 13.8. The van der Waals surface area contributed by atoms with Crippen molar-refractivity contribution in [1.29, 1.82) is 0 Å². The van der Waals surface area contributed by atoms with E-state index in [1.807, 2.05) is 21.1 Å². The van der Waals surface area contributed by atoms with E-state index in [-0.39, 0.29) is 5.90 Å². The number of nitrogens with zero attached hydrogens (tertiary/aromatic N) is 2. The highest BCUT2D eigenvalue weighted by molar-refractivity contribution is 6.18. The van der Waals surface area contributed by atoms with E-state index in [0.717, 1.165) is 0 Å². The van der Waals surface area contributed by atoms with Crippen molar-refractivity contribution in [3.8, 4) is 0 Å². The van der Waals surface area contributed by atoms with Crippen LogP contribution in [-0.2, 0) is 0 Å². The van der Waals surface area contributed by atoms with Crippen LogP contribution in [0.2, 0.25) is 0 Å². The summed E-state index contributed by atoms with van der Waals surface area (Å²) in [5.41, 5.74) is 0. The van der Waals surface area contributed by atoms with Gasteiger partial charge in [-0.2, -0.15) is 0 Å². The van der Waals surface area contributed by atoms with Gasteiger partial charge in [-0.25, -0.2) is 4.59 Å². The van der Waals surface area contributed by atoms with Crippen molar-refractivity contribution in [1.82, 2.24) is 0 Å². The van der Waals surface area contributed by atoms with Crippen molar-refractivity contribution in [3.63, 3.8) is 0 Å². The third-order valence-electron chi connectivity index (χ3n) is 0.720. The molecule has 0 saturated carbocycles. The molecule has 0 bridgehead atoms. The molecule has 0 aliphatic carbocycles. The zero-order valence-corrected chi connectivity index (χ0v) is 7.35. The SMILES string of the molecule is C[N+](C)(C)/N=C(\[O-])CCCl. The van der Waals surface area contributed by atoms with Crippen LogP contribution in [0.1, 0.15) is 6.42 Å². The smallest absolute Gasteiger partial charge is 0.0923 e. The molecule has 0 rings (SSSR count). The lowest BCUT2D eigenvalue weighted by molar-refractivity contribution is -0.878. The molecular formula is C6H13ClN2O. The number of alkyl halides is 1. The van der Waals surface area contributed by atoms with Crippen LogP contribution in [0.25, 0.3) is 0 Å². The van der Waals surface area contributed by atoms with Crippen LogP contribution in [0, 0.1) is 0 Å². The summed E-state index contributed by atoms with van der Waals surface area (Å²) in [6.45, 7) is 0. The summed E-state index contributed by atoms with van der Waals surface area (Å²) >= 11 is 5.34. The Bertz CT molecular complexity index is 128. The Morgan fingerprint density at radius 1 is 1.50 bits per heavy atom. The number of quaternary nitrogens is 1. The molecule has 0 saturated heterocycles. The third kappa shape index (κ3) is 5.85. The van der Waals surface area contributed by atoms with Gasteiger partial charge in [-0.1, -0.05) is 0 Å². The van der Waals surface area contributed by atoms with E-state index in [1.54, 1.807) is 0 Å². The molecule has 0 aromatic rings. The summed E-state index contributed by atoms with van der Waals surface area (Å²) in [6, 6.07) is 0. The van der Waals surface area contributed by atoms with Crippen LogP contribution >= 0.6 is 11.6 Å². The van der Waals surface area contributed by atoms with Gasteiger partial charge in [0.05, 0.1) is 21.1 Å². The molecule has 0 aliphatic rings. The molecule has 60 valence electrons. The van der Waals surface area contributed by atoms with Crippen molar-refractivity contribution in [2.45, 2.75) is 6.42 Å². The standard InChI is InChI=1S/C6H13ClN2O/c1-9(2,3)8-6(10)4-5-7/h4-5H2,1-3H3. The molecule has 0 amide bonds. The minimum atomic E-state index is -0.137. The van der Waals surface area contributed by atoms with Gasteiger partial charge in [0, 0.05) is 11.8 Å². The lowest BCUT2D eigenvalue weighted by atomic mass is 10.5. The molecule has 10 heavy (non-hydrogen) atoms. The molecule has 0 N–H and O–H groups in total. The van der Waals surface area contributed by atoms with Gasteiger partial charge in [0.25, 0.3) is 0 Å². The van der Waals surface area contributed by atoms with E-state index in [1.165, 1.54) is 0 Å². The van der Waals surface area contributed by atoms with Gasteiger partial charge in [-0.3, -0.25) is 0 Å². The van der Waals surface area contributed by atoms with Crippen molar-refractivity contribution in [2.75, 3.05) is 27.0 Å². The number of halogens is 1. The molecule has 3 nitrogen and oxygen atoms in total. The maximum atomic E-state index is 10.8. The Morgan fingerprint density at radius 2 is 2.00 bits per heavy atom. The molecule has 0 heterocycles. The Labute approximate surface area is 66.5 Å². The van der Waals surface area contributed by atoms with Crippen molar-refractivity contribution in [2.24, 2.45) is 5.10 Å². The zero-order chi connectivity index (χ0) is 8.20. The fourth-order valence-corrected chi connectivity index (χ4v) is 0.627. The van der Waals surface area contributed by atoms with Gasteiger partial charge in [-0.15, -0.1) is 16.7 Å². The molecule has 0 fully saturated rings. The van der Waals surface area contributed by atoms with Crippen molar-refractivity contribution < 1.29 is 9.70 Å². The predicted molar refractivity (Wildman–Crippen MR) is 40.8 cm³/mol. The van der Waals surface area contributed by atoms with Gasteiger partial charge < -0.3 is 5.11 Å². The van der Waals surface area contributed by atoms with Gasteiger partial charge in [0.1, 0.15) is 0 Å². The second-order valence-electron chi connectivity index (χ2n) is 2.87. The second-order valence-corrected chi connectivity index (χ2v) is 3.25. The number of hydrogen-bond acceptors (Lipinski definition) is 2. The van der Waals surface area contributed by atoms with Crippen LogP contribution in [0.15, 0.2) is 5.10 Å². The molecule has 4 heteroatoms. The van der Waals surface area contributed by atoms with E-state index in [4.69, 9.17) is 11.6 Å². The molecular weight excluding hydrogens is 152 g/mol. The Hall–Kier alpha value is -0.280. The molecule has 0 atom stereocenters. The first-order valence-corrected chi connectivity index (χ1v) is 3.62. The number of hydrogen-bond donors (Lipinski definition) is 0. The first-order valence-electron chi connectivity index (χ1n) is 3.09. The van der Waals surface area contributed by atoms with Crippen molar-refractivity contribution >= 4 is 17.5 Å². The molecule has 0 radical (unpaired) electrons. The largest absolute Gasteiger partial charge is 0.858 e. The highest BCUT2D eigenvalue weighted by atomic mass is 35.5. The van der Waals surface area contributed by atoms with E-state index in [2.05, 4.69) is 5.10 Å². The summed E-state index contributed by atoms with van der Waals surface area (Å²) < 4.78 is 0.315. The molecule has 0 aromatic heterocycles. The summed E-state index contributed by atoms with van der Waals surface area (Å²) in [7, 11) is 5.48. The average molecular weight is 165 g/mol. The van der Waals surface area contributed by atoms with Crippen LogP contribution in [0.3, 0.4) is 0 Å². The predicted octanol–water partition coefficient (Wildman–Crippen LogP) is -0.00470. The quantitative estimate of drug-likeness (QED) is 0.190. The molecule has 0 aromatic carbocycles. The fourth-order valence-electron chi connectivity index (χ4n) is 0.465. The summed E-state index contributed by atoms with van der Waals surface area (Å²) in [4.78, 5) is 0. The monoisotopic (exact) mass is 164 g/mol. The van der Waals surface area contributed by atoms with Crippen LogP contribution in [0.5, 0.6) is 0 Å². The lowest BCUT2D eigenvalue weighted by Gasteiger charge is -2.19. The first kappa shape index (κ1) is 9.72. The first-order chi connectivity index (χ1) is 4.45. The molecule has 0 unspecified atom stereocenters. The summed E-state index contributed by atoms with van der Waals surface area (Å²) in [5, 5.41) is 14.6. The average Bonchev–Trinajstić information content (AvgIpc) is 1.59. The van der Waals surface area contributed by atoms with Gasteiger partial charge in [0.15, 0.2) is 0 Å². The van der Waals surface area contributed by atoms with Crippen LogP contribution < -0.4 is 5.11 Å². The molecule has 0 spiro atoms. The van der Waals surface area contributed by atoms with E-state index in [0.29, 0.717) is 16.9 Å². The van der Waals surface area contributed by atoms with E-state index in [9.17, 15) is 5.11 Å². The summed E-state index contributed by atoms with van der Waals surface area (Å²) in [5.74, 6) is 0.213. The zero-order valence-electron chi connectivity index (χ0n) is 6.59.